The largest absolute Gasteiger partial charge is 0.505 e. The fourth-order valence-corrected chi connectivity index (χ4v) is 3.26. The number of rotatable bonds is 8. The number of carbonyl (C=O) groups is 1. The Morgan fingerprint density at radius 2 is 2.10 bits per heavy atom. The molecular weight excluding hydrogens is 402 g/mol. The van der Waals surface area contributed by atoms with E-state index in [-0.39, 0.29) is 17.2 Å². The maximum absolute atomic E-state index is 12.2. The molecule has 1 aromatic carbocycles. The van der Waals surface area contributed by atoms with Gasteiger partial charge in [0.1, 0.15) is 11.5 Å². The molecule has 0 radical (unpaired) electrons. The summed E-state index contributed by atoms with van der Waals surface area (Å²) in [6.45, 7) is 6.10. The molecule has 8 nitrogen and oxygen atoms in total. The number of amides is 1. The lowest BCUT2D eigenvalue weighted by molar-refractivity contribution is 0.0824. The minimum Gasteiger partial charge on any atom is -0.505 e. The van der Waals surface area contributed by atoms with Crippen molar-refractivity contribution in [1.29, 1.82) is 0 Å². The number of benzene rings is 1. The zero-order chi connectivity index (χ0) is 21.7. The van der Waals surface area contributed by atoms with Crippen LogP contribution in [0.5, 0.6) is 5.75 Å². The lowest BCUT2D eigenvalue weighted by atomic mass is 10.1. The SMILES string of the molecule is C=Cc1oc(CNc2nsnc2Nc2cccc(C(=O)N(C)C)c2O)cc1/C=C\C. The van der Waals surface area contributed by atoms with Crippen molar-refractivity contribution in [2.45, 2.75) is 13.5 Å². The second kappa shape index (κ2) is 9.27. The summed E-state index contributed by atoms with van der Waals surface area (Å²) in [6, 6.07) is 6.85. The Bertz CT molecular complexity index is 1080. The van der Waals surface area contributed by atoms with Gasteiger partial charge in [0.05, 0.1) is 29.5 Å². The molecule has 0 aliphatic rings. The maximum Gasteiger partial charge on any atom is 0.257 e. The molecule has 2 heterocycles. The van der Waals surface area contributed by atoms with Crippen molar-refractivity contribution in [1.82, 2.24) is 13.6 Å². The average Bonchev–Trinajstić information content (AvgIpc) is 3.34. The highest BCUT2D eigenvalue weighted by Crippen LogP contribution is 2.33. The number of phenols is 1. The van der Waals surface area contributed by atoms with Gasteiger partial charge in [0.2, 0.25) is 0 Å². The van der Waals surface area contributed by atoms with E-state index in [1.807, 2.05) is 25.1 Å². The van der Waals surface area contributed by atoms with Crippen molar-refractivity contribution in [3.63, 3.8) is 0 Å². The summed E-state index contributed by atoms with van der Waals surface area (Å²) in [7, 11) is 3.25. The number of furan rings is 1. The number of anilines is 3. The van der Waals surface area contributed by atoms with Gasteiger partial charge >= 0.3 is 0 Å². The van der Waals surface area contributed by atoms with Gasteiger partial charge in [-0.1, -0.05) is 24.8 Å². The summed E-state index contributed by atoms with van der Waals surface area (Å²) in [5, 5.41) is 16.7. The van der Waals surface area contributed by atoms with E-state index >= 15 is 0 Å². The molecule has 30 heavy (non-hydrogen) atoms. The van der Waals surface area contributed by atoms with Crippen LogP contribution in [-0.2, 0) is 6.54 Å². The summed E-state index contributed by atoms with van der Waals surface area (Å²) in [4.78, 5) is 13.6. The van der Waals surface area contributed by atoms with Crippen LogP contribution in [-0.4, -0.2) is 38.8 Å². The van der Waals surface area contributed by atoms with Crippen LogP contribution in [0.2, 0.25) is 0 Å². The van der Waals surface area contributed by atoms with Crippen molar-refractivity contribution in [2.75, 3.05) is 24.7 Å². The lowest BCUT2D eigenvalue weighted by Gasteiger charge is -2.14. The predicted octanol–water partition coefficient (Wildman–Crippen LogP) is 4.57. The summed E-state index contributed by atoms with van der Waals surface area (Å²) in [5.74, 6) is 1.93. The van der Waals surface area contributed by atoms with Gasteiger partial charge in [-0.15, -0.1) is 0 Å². The Hall–Kier alpha value is -3.59. The Morgan fingerprint density at radius 1 is 1.33 bits per heavy atom. The standard InChI is InChI=1S/C21H23N5O3S/c1-5-8-13-11-14(29-17(13)6-2)12-22-19-20(25-30-24-19)23-16-10-7-9-15(18(16)27)21(28)26(3)4/h5-11,27H,2,12H2,1,3-4H3,(H,22,24)(H,23,25)/b8-5-. The van der Waals surface area contributed by atoms with Gasteiger partial charge < -0.3 is 25.1 Å². The molecule has 2 aromatic heterocycles. The summed E-state index contributed by atoms with van der Waals surface area (Å²) in [6.07, 6.45) is 5.55. The molecule has 0 aliphatic heterocycles. The van der Waals surface area contributed by atoms with E-state index in [1.165, 1.54) is 4.90 Å². The van der Waals surface area contributed by atoms with E-state index in [9.17, 15) is 9.90 Å². The van der Waals surface area contributed by atoms with Gasteiger partial charge in [0.15, 0.2) is 17.4 Å². The molecule has 1 amide bonds. The molecule has 3 aromatic rings. The highest BCUT2D eigenvalue weighted by atomic mass is 32.1. The number of para-hydroxylation sites is 1. The molecule has 0 fully saturated rings. The first kappa shape index (κ1) is 21.1. The zero-order valence-corrected chi connectivity index (χ0v) is 17.8. The second-order valence-corrected chi connectivity index (χ2v) is 7.11. The number of nitrogens with one attached hydrogen (secondary N) is 2. The number of hydrogen-bond acceptors (Lipinski definition) is 8. The molecular formula is C21H23N5O3S. The van der Waals surface area contributed by atoms with Gasteiger partial charge in [0.25, 0.3) is 5.91 Å². The number of carbonyl (C=O) groups excluding carboxylic acids is 1. The minimum absolute atomic E-state index is 0.146. The van der Waals surface area contributed by atoms with E-state index in [0.717, 1.165) is 23.1 Å². The number of phenolic OH excluding ortho intramolecular Hbond substituents is 1. The monoisotopic (exact) mass is 425 g/mol. The first-order chi connectivity index (χ1) is 14.4. The van der Waals surface area contributed by atoms with Crippen LogP contribution in [0.15, 0.2) is 41.3 Å². The molecule has 9 heteroatoms. The third kappa shape index (κ3) is 4.52. The van der Waals surface area contributed by atoms with E-state index in [4.69, 9.17) is 4.42 Å². The van der Waals surface area contributed by atoms with Gasteiger partial charge in [-0.2, -0.15) is 8.75 Å². The molecule has 0 spiro atoms. The molecule has 0 aliphatic carbocycles. The second-order valence-electron chi connectivity index (χ2n) is 6.58. The Kier molecular flexibility index (Phi) is 6.53. The molecule has 0 bridgehead atoms. The average molecular weight is 426 g/mol. The Labute approximate surface area is 178 Å². The van der Waals surface area contributed by atoms with Crippen LogP contribution < -0.4 is 10.6 Å². The minimum atomic E-state index is -0.293. The first-order valence-electron chi connectivity index (χ1n) is 9.19. The van der Waals surface area contributed by atoms with E-state index in [1.54, 1.807) is 38.4 Å². The van der Waals surface area contributed by atoms with Crippen LogP contribution in [0.25, 0.3) is 12.2 Å². The van der Waals surface area contributed by atoms with Crippen molar-refractivity contribution in [3.8, 4) is 5.75 Å². The number of hydrogen-bond donors (Lipinski definition) is 3. The molecule has 0 atom stereocenters. The fourth-order valence-electron chi connectivity index (χ4n) is 2.77. The van der Waals surface area contributed by atoms with Crippen LogP contribution >= 0.6 is 11.7 Å². The highest BCUT2D eigenvalue weighted by Gasteiger charge is 2.18. The smallest absolute Gasteiger partial charge is 0.257 e. The quantitative estimate of drug-likeness (QED) is 0.454. The maximum atomic E-state index is 12.2. The van der Waals surface area contributed by atoms with Crippen molar-refractivity contribution >= 4 is 47.1 Å². The number of nitrogens with zero attached hydrogens (tertiary/aromatic N) is 3. The molecule has 156 valence electrons. The molecule has 3 rings (SSSR count). The number of aromatic nitrogens is 2. The number of allylic oxidation sites excluding steroid dienone is 1. The summed E-state index contributed by atoms with van der Waals surface area (Å²) < 4.78 is 14.3. The van der Waals surface area contributed by atoms with Crippen LogP contribution in [0, 0.1) is 0 Å². The summed E-state index contributed by atoms with van der Waals surface area (Å²) in [5.41, 5.74) is 1.51. The third-order valence-corrected chi connectivity index (χ3v) is 4.75. The Balaban J connectivity index is 1.76. The first-order valence-corrected chi connectivity index (χ1v) is 9.92. The van der Waals surface area contributed by atoms with E-state index < -0.39 is 0 Å². The zero-order valence-electron chi connectivity index (χ0n) is 17.0. The normalized spacial score (nSPS) is 10.9. The van der Waals surface area contributed by atoms with Crippen LogP contribution in [0.3, 0.4) is 0 Å². The molecule has 3 N–H and O–H groups in total. The van der Waals surface area contributed by atoms with Gasteiger partial charge in [0, 0.05) is 19.7 Å². The van der Waals surface area contributed by atoms with Crippen molar-refractivity contribution in [3.05, 3.63) is 59.6 Å². The predicted molar refractivity (Wildman–Crippen MR) is 120 cm³/mol. The van der Waals surface area contributed by atoms with Gasteiger partial charge in [-0.25, -0.2) is 0 Å². The highest BCUT2D eigenvalue weighted by molar-refractivity contribution is 6.99. The Morgan fingerprint density at radius 3 is 2.80 bits per heavy atom. The topological polar surface area (TPSA) is 104 Å². The van der Waals surface area contributed by atoms with Crippen molar-refractivity contribution in [2.24, 2.45) is 0 Å². The number of aromatic hydroxyl groups is 1. The van der Waals surface area contributed by atoms with Crippen LogP contribution in [0.4, 0.5) is 17.3 Å². The van der Waals surface area contributed by atoms with Crippen LogP contribution in [0.1, 0.15) is 34.4 Å². The van der Waals surface area contributed by atoms with E-state index in [0.29, 0.717) is 29.6 Å². The van der Waals surface area contributed by atoms with E-state index in [2.05, 4.69) is 26.0 Å². The van der Waals surface area contributed by atoms with Gasteiger partial charge in [-0.3, -0.25) is 4.79 Å². The fraction of sp³-hybridized carbons (Fsp3) is 0.190. The lowest BCUT2D eigenvalue weighted by Crippen LogP contribution is -2.21. The molecule has 0 saturated carbocycles. The molecule has 0 saturated heterocycles. The van der Waals surface area contributed by atoms with Crippen molar-refractivity contribution < 1.29 is 14.3 Å². The third-order valence-electron chi connectivity index (χ3n) is 4.22. The van der Waals surface area contributed by atoms with Gasteiger partial charge in [-0.05, 0) is 31.2 Å². The summed E-state index contributed by atoms with van der Waals surface area (Å²) >= 11 is 1.02. The molecule has 0 unspecified atom stereocenters.